The molecule has 19 heavy (non-hydrogen) atoms. The van der Waals surface area contributed by atoms with E-state index in [0.29, 0.717) is 23.1 Å². The Morgan fingerprint density at radius 3 is 2.79 bits per heavy atom. The zero-order valence-electron chi connectivity index (χ0n) is 11.1. The van der Waals surface area contributed by atoms with Crippen LogP contribution < -0.4 is 5.73 Å². The number of aromatic nitrogens is 6. The first-order valence-corrected chi connectivity index (χ1v) is 6.14. The minimum absolute atomic E-state index is 0.542. The second-order valence-corrected chi connectivity index (χ2v) is 4.46. The molecule has 7 nitrogen and oxygen atoms in total. The summed E-state index contributed by atoms with van der Waals surface area (Å²) in [5, 5.41) is 12.4. The Balaban J connectivity index is 2.30. The number of fused-ring (bicyclic) bond motifs is 1. The number of hydrogen-bond donors (Lipinski definition) is 2. The molecule has 0 aliphatic rings. The van der Waals surface area contributed by atoms with E-state index in [2.05, 4.69) is 25.3 Å². The zero-order valence-corrected chi connectivity index (χ0v) is 11.1. The number of aromatic amines is 1. The Bertz CT molecular complexity index is 733. The molecule has 0 aliphatic heterocycles. The molecule has 0 fully saturated rings. The first-order valence-electron chi connectivity index (χ1n) is 6.14. The van der Waals surface area contributed by atoms with Crippen molar-refractivity contribution in [3.05, 3.63) is 23.3 Å². The summed E-state index contributed by atoms with van der Waals surface area (Å²) in [4.78, 5) is 8.67. The van der Waals surface area contributed by atoms with Crippen molar-refractivity contribution in [2.75, 3.05) is 5.73 Å². The van der Waals surface area contributed by atoms with E-state index >= 15 is 0 Å². The second-order valence-electron chi connectivity index (χ2n) is 4.46. The van der Waals surface area contributed by atoms with E-state index in [0.717, 1.165) is 23.2 Å². The van der Waals surface area contributed by atoms with Crippen molar-refractivity contribution >= 4 is 16.9 Å². The van der Waals surface area contributed by atoms with Crippen molar-refractivity contribution in [3.8, 4) is 5.82 Å². The van der Waals surface area contributed by atoms with Crippen molar-refractivity contribution < 1.29 is 0 Å². The Morgan fingerprint density at radius 2 is 2.11 bits per heavy atom. The molecule has 98 valence electrons. The molecule has 0 amide bonds. The normalized spacial score (nSPS) is 11.3. The number of nitrogen functional groups attached to an aromatic ring is 1. The number of aryl methyl sites for hydroxylation is 3. The van der Waals surface area contributed by atoms with E-state index in [1.807, 2.05) is 26.8 Å². The van der Waals surface area contributed by atoms with Gasteiger partial charge in [0, 0.05) is 11.8 Å². The molecule has 0 saturated carbocycles. The van der Waals surface area contributed by atoms with Crippen LogP contribution in [0.15, 0.2) is 6.07 Å². The molecule has 7 heteroatoms. The summed E-state index contributed by atoms with van der Waals surface area (Å²) >= 11 is 0. The van der Waals surface area contributed by atoms with Gasteiger partial charge in [0.25, 0.3) is 0 Å². The van der Waals surface area contributed by atoms with Gasteiger partial charge >= 0.3 is 0 Å². The highest BCUT2D eigenvalue weighted by molar-refractivity contribution is 5.89. The van der Waals surface area contributed by atoms with Gasteiger partial charge in [0.1, 0.15) is 11.6 Å². The summed E-state index contributed by atoms with van der Waals surface area (Å²) < 4.78 is 1.71. The lowest BCUT2D eigenvalue weighted by Crippen LogP contribution is -2.04. The number of nitrogens with one attached hydrogen (secondary N) is 1. The third-order valence-corrected chi connectivity index (χ3v) is 2.99. The van der Waals surface area contributed by atoms with Crippen molar-refractivity contribution in [2.45, 2.75) is 27.2 Å². The topological polar surface area (TPSA) is 98.3 Å². The highest BCUT2D eigenvalue weighted by Gasteiger charge is 2.17. The van der Waals surface area contributed by atoms with Crippen molar-refractivity contribution in [2.24, 2.45) is 0 Å². The minimum atomic E-state index is 0.542. The molecule has 3 N–H and O–H groups in total. The van der Waals surface area contributed by atoms with Crippen LogP contribution in [0.4, 0.5) is 5.82 Å². The fraction of sp³-hybridized carbons (Fsp3) is 0.333. The number of nitrogens with zero attached hydrogens (tertiary/aromatic N) is 5. The predicted molar refractivity (Wildman–Crippen MR) is 72.1 cm³/mol. The molecule has 0 aliphatic carbocycles. The van der Waals surface area contributed by atoms with Crippen molar-refractivity contribution in [1.29, 1.82) is 0 Å². The van der Waals surface area contributed by atoms with E-state index in [1.54, 1.807) is 4.68 Å². The first-order chi connectivity index (χ1) is 9.10. The average Bonchev–Trinajstić information content (AvgIpc) is 2.89. The molecule has 0 saturated heterocycles. The van der Waals surface area contributed by atoms with Gasteiger partial charge < -0.3 is 5.73 Å². The maximum absolute atomic E-state index is 5.90. The molecule has 0 radical (unpaired) electrons. The van der Waals surface area contributed by atoms with Crippen LogP contribution in [-0.2, 0) is 6.42 Å². The molecular formula is C12H15N7. The summed E-state index contributed by atoms with van der Waals surface area (Å²) in [6, 6.07) is 1.88. The fourth-order valence-corrected chi connectivity index (χ4v) is 2.21. The molecular weight excluding hydrogens is 242 g/mol. The van der Waals surface area contributed by atoms with Gasteiger partial charge in [0.05, 0.1) is 11.1 Å². The van der Waals surface area contributed by atoms with Gasteiger partial charge in [-0.3, -0.25) is 5.10 Å². The first kappa shape index (κ1) is 11.6. The molecule has 0 aromatic carbocycles. The molecule has 0 spiro atoms. The third-order valence-electron chi connectivity index (χ3n) is 2.99. The maximum Gasteiger partial charge on any atom is 0.188 e. The van der Waals surface area contributed by atoms with Gasteiger partial charge in [-0.25, -0.2) is 9.97 Å². The smallest absolute Gasteiger partial charge is 0.188 e. The number of H-pyrrole nitrogens is 1. The monoisotopic (exact) mass is 257 g/mol. The Labute approximate surface area is 109 Å². The fourth-order valence-electron chi connectivity index (χ4n) is 2.21. The lowest BCUT2D eigenvalue weighted by atomic mass is 10.2. The number of anilines is 1. The molecule has 0 atom stereocenters. The third kappa shape index (κ3) is 1.74. The summed E-state index contributed by atoms with van der Waals surface area (Å²) in [5.74, 6) is 1.96. The summed E-state index contributed by atoms with van der Waals surface area (Å²) in [5.41, 5.74) is 8.41. The summed E-state index contributed by atoms with van der Waals surface area (Å²) in [6.45, 7) is 5.82. The summed E-state index contributed by atoms with van der Waals surface area (Å²) in [6.07, 6.45) is 0.788. The summed E-state index contributed by atoms with van der Waals surface area (Å²) in [7, 11) is 0. The lowest BCUT2D eigenvalue weighted by molar-refractivity contribution is 0.804. The highest BCUT2D eigenvalue weighted by atomic mass is 15.4. The van der Waals surface area contributed by atoms with E-state index in [4.69, 9.17) is 5.73 Å². The average molecular weight is 257 g/mol. The van der Waals surface area contributed by atoms with E-state index in [-0.39, 0.29) is 0 Å². The number of nitrogens with two attached hydrogens (primary N) is 1. The van der Waals surface area contributed by atoms with Crippen LogP contribution in [0, 0.1) is 13.8 Å². The number of hydrogen-bond acceptors (Lipinski definition) is 5. The molecule has 0 unspecified atom stereocenters. The Morgan fingerprint density at radius 1 is 1.32 bits per heavy atom. The van der Waals surface area contributed by atoms with E-state index in [9.17, 15) is 0 Å². The van der Waals surface area contributed by atoms with E-state index in [1.165, 1.54) is 0 Å². The quantitative estimate of drug-likeness (QED) is 0.721. The van der Waals surface area contributed by atoms with Crippen molar-refractivity contribution in [1.82, 2.24) is 29.9 Å². The molecule has 3 aromatic rings. The van der Waals surface area contributed by atoms with Crippen LogP contribution in [0.25, 0.3) is 16.9 Å². The Kier molecular flexibility index (Phi) is 2.48. The van der Waals surface area contributed by atoms with Crippen LogP contribution in [0.5, 0.6) is 0 Å². The van der Waals surface area contributed by atoms with Crippen LogP contribution in [0.3, 0.4) is 0 Å². The maximum atomic E-state index is 5.90. The molecule has 3 rings (SSSR count). The van der Waals surface area contributed by atoms with Crippen LogP contribution in [0.1, 0.15) is 24.1 Å². The predicted octanol–water partition coefficient (Wildman–Crippen LogP) is 1.30. The molecule has 3 heterocycles. The van der Waals surface area contributed by atoms with Crippen LogP contribution in [-0.4, -0.2) is 29.9 Å². The standard InChI is InChI=1S/C12H15N7/c1-4-8-10-11(13)16-17-12(10)19(18-8)9-5-6(2)14-7(3)15-9/h5H,4H2,1-3H3,(H3,13,16,17). The van der Waals surface area contributed by atoms with E-state index < -0.39 is 0 Å². The Hall–Kier alpha value is -2.44. The minimum Gasteiger partial charge on any atom is -0.383 e. The van der Waals surface area contributed by atoms with Gasteiger partial charge in [-0.2, -0.15) is 14.9 Å². The zero-order chi connectivity index (χ0) is 13.6. The molecule has 3 aromatic heterocycles. The largest absolute Gasteiger partial charge is 0.383 e. The molecule has 0 bridgehead atoms. The SMILES string of the molecule is CCc1nn(-c2cc(C)nc(C)n2)c2n[nH]c(N)c12. The van der Waals surface area contributed by atoms with Gasteiger partial charge in [-0.1, -0.05) is 6.92 Å². The lowest BCUT2D eigenvalue weighted by Gasteiger charge is -2.03. The van der Waals surface area contributed by atoms with Crippen LogP contribution in [0.2, 0.25) is 0 Å². The van der Waals surface area contributed by atoms with Gasteiger partial charge in [-0.15, -0.1) is 0 Å². The van der Waals surface area contributed by atoms with Crippen LogP contribution >= 0.6 is 0 Å². The second kappa shape index (κ2) is 4.04. The van der Waals surface area contributed by atoms with Gasteiger partial charge in [0.2, 0.25) is 0 Å². The number of rotatable bonds is 2. The van der Waals surface area contributed by atoms with Gasteiger partial charge in [0.15, 0.2) is 11.5 Å². The highest BCUT2D eigenvalue weighted by Crippen LogP contribution is 2.24. The van der Waals surface area contributed by atoms with Crippen molar-refractivity contribution in [3.63, 3.8) is 0 Å². The van der Waals surface area contributed by atoms with Gasteiger partial charge in [-0.05, 0) is 20.3 Å².